The first-order chi connectivity index (χ1) is 6.29. The Morgan fingerprint density at radius 3 is 2.77 bits per heavy atom. The first-order valence-electron chi connectivity index (χ1n) is 4.03. The molecule has 0 aromatic carbocycles. The number of esters is 1. The predicted molar refractivity (Wildman–Crippen MR) is 45.2 cm³/mol. The van der Waals surface area contributed by atoms with E-state index in [0.717, 1.165) is 19.3 Å². The average molecular weight is 199 g/mol. The van der Waals surface area contributed by atoms with Crippen LogP contribution in [0.2, 0.25) is 0 Å². The Labute approximate surface area is 79.3 Å². The summed E-state index contributed by atoms with van der Waals surface area (Å²) in [5.41, 5.74) is -0.525. The highest BCUT2D eigenvalue weighted by Gasteiger charge is 2.49. The minimum atomic E-state index is -0.525. The molecule has 1 saturated carbocycles. The third kappa shape index (κ3) is 1.13. The molecule has 1 aromatic rings. The van der Waals surface area contributed by atoms with Gasteiger partial charge in [0.25, 0.3) is 0 Å². The molecule has 0 N–H and O–H groups in total. The van der Waals surface area contributed by atoms with Crippen LogP contribution >= 0.6 is 11.5 Å². The van der Waals surface area contributed by atoms with E-state index in [2.05, 4.69) is 14.8 Å². The molecule has 0 amide bonds. The van der Waals surface area contributed by atoms with Crippen molar-refractivity contribution in [3.8, 4) is 0 Å². The van der Waals surface area contributed by atoms with Crippen LogP contribution in [0.4, 0.5) is 0 Å². The van der Waals surface area contributed by atoms with E-state index >= 15 is 0 Å². The van der Waals surface area contributed by atoms with Gasteiger partial charge in [-0.1, -0.05) is 10.9 Å². The molecule has 6 heteroatoms. The maximum absolute atomic E-state index is 11.5. The van der Waals surface area contributed by atoms with Crippen LogP contribution in [0.25, 0.3) is 0 Å². The van der Waals surface area contributed by atoms with Crippen LogP contribution in [-0.4, -0.2) is 27.9 Å². The molecule has 0 saturated heterocycles. The van der Waals surface area contributed by atoms with Gasteiger partial charge in [0.05, 0.1) is 7.11 Å². The molecule has 0 unspecified atom stereocenters. The van der Waals surface area contributed by atoms with Gasteiger partial charge in [-0.25, -0.2) is 0 Å². The SMILES string of the molecule is COC(=O)C1(c2nnns2)CCC1. The van der Waals surface area contributed by atoms with Gasteiger partial charge in [0, 0.05) is 11.5 Å². The molecular weight excluding hydrogens is 190 g/mol. The monoisotopic (exact) mass is 199 g/mol. The van der Waals surface area contributed by atoms with E-state index in [4.69, 9.17) is 4.74 Å². The van der Waals surface area contributed by atoms with Crippen LogP contribution in [0.1, 0.15) is 24.3 Å². The first kappa shape index (κ1) is 8.55. The lowest BCUT2D eigenvalue weighted by molar-refractivity contribution is -0.151. The summed E-state index contributed by atoms with van der Waals surface area (Å²) in [6.45, 7) is 0. The van der Waals surface area contributed by atoms with Gasteiger partial charge in [-0.15, -0.1) is 5.10 Å². The topological polar surface area (TPSA) is 65.0 Å². The van der Waals surface area contributed by atoms with E-state index in [1.54, 1.807) is 0 Å². The summed E-state index contributed by atoms with van der Waals surface area (Å²) in [5.74, 6) is -0.211. The fraction of sp³-hybridized carbons (Fsp3) is 0.714. The van der Waals surface area contributed by atoms with Crippen molar-refractivity contribution < 1.29 is 9.53 Å². The van der Waals surface area contributed by atoms with E-state index < -0.39 is 5.41 Å². The van der Waals surface area contributed by atoms with Gasteiger partial charge in [-0.2, -0.15) is 0 Å². The van der Waals surface area contributed by atoms with Gasteiger partial charge in [-0.3, -0.25) is 4.79 Å². The van der Waals surface area contributed by atoms with Crippen molar-refractivity contribution in [3.63, 3.8) is 0 Å². The zero-order chi connectivity index (χ0) is 9.31. The van der Waals surface area contributed by atoms with Gasteiger partial charge in [0.1, 0.15) is 5.41 Å². The van der Waals surface area contributed by atoms with Crippen LogP contribution in [-0.2, 0) is 14.9 Å². The van der Waals surface area contributed by atoms with Crippen molar-refractivity contribution in [2.24, 2.45) is 0 Å². The zero-order valence-corrected chi connectivity index (χ0v) is 8.00. The highest BCUT2D eigenvalue weighted by molar-refractivity contribution is 7.05. The van der Waals surface area contributed by atoms with Crippen molar-refractivity contribution in [2.75, 3.05) is 7.11 Å². The molecule has 0 aliphatic heterocycles. The Bertz CT molecular complexity index is 308. The Morgan fingerprint density at radius 2 is 2.38 bits per heavy atom. The van der Waals surface area contributed by atoms with Crippen molar-refractivity contribution in [2.45, 2.75) is 24.7 Å². The molecule has 1 aliphatic rings. The van der Waals surface area contributed by atoms with Crippen molar-refractivity contribution in [1.29, 1.82) is 0 Å². The number of rotatable bonds is 2. The van der Waals surface area contributed by atoms with Gasteiger partial charge in [-0.05, 0) is 18.1 Å². The normalized spacial score (nSPS) is 19.2. The van der Waals surface area contributed by atoms with Crippen molar-refractivity contribution in [3.05, 3.63) is 5.01 Å². The molecule has 13 heavy (non-hydrogen) atoms. The molecule has 2 rings (SSSR count). The Kier molecular flexibility index (Phi) is 1.99. The van der Waals surface area contributed by atoms with Gasteiger partial charge >= 0.3 is 5.97 Å². The number of nitrogens with zero attached hydrogens (tertiary/aromatic N) is 3. The lowest BCUT2D eigenvalue weighted by Crippen LogP contribution is -2.43. The summed E-state index contributed by atoms with van der Waals surface area (Å²) in [4.78, 5) is 11.5. The summed E-state index contributed by atoms with van der Waals surface area (Å²) in [6.07, 6.45) is 2.64. The highest BCUT2D eigenvalue weighted by Crippen LogP contribution is 2.44. The summed E-state index contributed by atoms with van der Waals surface area (Å²) in [6, 6.07) is 0. The standard InChI is InChI=1S/C7H9N3O2S/c1-12-6(11)7(3-2-4-7)5-8-9-10-13-5/h2-4H2,1H3. The number of ether oxygens (including phenoxy) is 1. The maximum atomic E-state index is 11.5. The minimum absolute atomic E-state index is 0.211. The van der Waals surface area contributed by atoms with Gasteiger partial charge in [0.15, 0.2) is 5.01 Å². The molecule has 1 heterocycles. The number of hydrogen-bond donors (Lipinski definition) is 0. The van der Waals surface area contributed by atoms with E-state index in [1.165, 1.54) is 18.6 Å². The second kappa shape index (κ2) is 3.02. The summed E-state index contributed by atoms with van der Waals surface area (Å²) in [5, 5.41) is 8.02. The number of hydrogen-bond acceptors (Lipinski definition) is 6. The molecule has 70 valence electrons. The molecule has 0 bridgehead atoms. The molecule has 0 radical (unpaired) electrons. The average Bonchev–Trinajstić information content (AvgIpc) is 2.55. The lowest BCUT2D eigenvalue weighted by Gasteiger charge is -2.35. The van der Waals surface area contributed by atoms with Crippen molar-refractivity contribution >= 4 is 17.5 Å². The summed E-state index contributed by atoms with van der Waals surface area (Å²) >= 11 is 1.18. The Hall–Kier alpha value is -1.04. The zero-order valence-electron chi connectivity index (χ0n) is 7.19. The fourth-order valence-corrected chi connectivity index (χ4v) is 2.23. The quantitative estimate of drug-likeness (QED) is 0.650. The predicted octanol–water partition coefficient (Wildman–Crippen LogP) is 0.528. The first-order valence-corrected chi connectivity index (χ1v) is 4.81. The molecule has 1 fully saturated rings. The molecule has 0 spiro atoms. The number of aromatic nitrogens is 3. The highest BCUT2D eigenvalue weighted by atomic mass is 32.1. The largest absolute Gasteiger partial charge is 0.468 e. The third-order valence-corrected chi connectivity index (χ3v) is 3.29. The lowest BCUT2D eigenvalue weighted by atomic mass is 9.69. The van der Waals surface area contributed by atoms with E-state index in [1.807, 2.05) is 0 Å². The second-order valence-corrected chi connectivity index (χ2v) is 3.83. The number of carbonyl (C=O) groups excluding carboxylic acids is 1. The Balaban J connectivity index is 2.31. The molecule has 0 atom stereocenters. The maximum Gasteiger partial charge on any atom is 0.318 e. The van der Waals surface area contributed by atoms with E-state index in [9.17, 15) is 4.79 Å². The second-order valence-electron chi connectivity index (χ2n) is 3.09. The number of carbonyl (C=O) groups is 1. The van der Waals surface area contributed by atoms with Crippen LogP contribution < -0.4 is 0 Å². The van der Waals surface area contributed by atoms with E-state index in [0.29, 0.717) is 5.01 Å². The van der Waals surface area contributed by atoms with Gasteiger partial charge in [0.2, 0.25) is 0 Å². The third-order valence-electron chi connectivity index (χ3n) is 2.49. The minimum Gasteiger partial charge on any atom is -0.468 e. The Morgan fingerprint density at radius 1 is 1.62 bits per heavy atom. The van der Waals surface area contributed by atoms with Crippen LogP contribution in [0.5, 0.6) is 0 Å². The summed E-state index contributed by atoms with van der Waals surface area (Å²) in [7, 11) is 1.40. The smallest absolute Gasteiger partial charge is 0.318 e. The van der Waals surface area contributed by atoms with Crippen LogP contribution in [0.15, 0.2) is 0 Å². The number of methoxy groups -OCH3 is 1. The molecule has 1 aliphatic carbocycles. The molecular formula is C7H9N3O2S. The van der Waals surface area contributed by atoms with E-state index in [-0.39, 0.29) is 5.97 Å². The molecule has 5 nitrogen and oxygen atoms in total. The van der Waals surface area contributed by atoms with Gasteiger partial charge < -0.3 is 4.74 Å². The van der Waals surface area contributed by atoms with Crippen LogP contribution in [0.3, 0.4) is 0 Å². The van der Waals surface area contributed by atoms with Crippen LogP contribution in [0, 0.1) is 0 Å². The molecule has 1 aromatic heterocycles. The summed E-state index contributed by atoms with van der Waals surface area (Å²) < 4.78 is 8.41. The van der Waals surface area contributed by atoms with Crippen molar-refractivity contribution in [1.82, 2.24) is 14.8 Å². The fourth-order valence-electron chi connectivity index (χ4n) is 1.55.